The third-order valence-corrected chi connectivity index (χ3v) is 25.2. The van der Waals surface area contributed by atoms with Gasteiger partial charge in [0.1, 0.15) is 0 Å². The molecule has 3 heteroatoms. The van der Waals surface area contributed by atoms with Crippen molar-refractivity contribution >= 4 is 66.4 Å². The lowest BCUT2D eigenvalue weighted by Gasteiger charge is -2.52. The van der Waals surface area contributed by atoms with E-state index in [4.69, 9.17) is 0 Å². The number of para-hydroxylation sites is 3. The second kappa shape index (κ2) is 18.8. The molecule has 3 fully saturated rings. The molecule has 0 spiro atoms. The second-order valence-corrected chi connectivity index (χ2v) is 28.9. The summed E-state index contributed by atoms with van der Waals surface area (Å²) in [5.74, 6) is 2.13. The fourth-order valence-corrected chi connectivity index (χ4v) is 19.8. The molecule has 10 aromatic rings. The van der Waals surface area contributed by atoms with Gasteiger partial charge in [0.05, 0.1) is 16.6 Å². The summed E-state index contributed by atoms with van der Waals surface area (Å²) in [6, 6.07) is 74.2. The minimum Gasteiger partial charge on any atom is -0.334 e. The van der Waals surface area contributed by atoms with Crippen LogP contribution in [0.25, 0.3) is 65.7 Å². The fourth-order valence-electron chi connectivity index (χ4n) is 19.8. The molecule has 0 radical (unpaired) electrons. The van der Waals surface area contributed by atoms with Crippen LogP contribution >= 0.6 is 0 Å². The van der Waals surface area contributed by atoms with E-state index in [9.17, 15) is 0 Å². The third-order valence-electron chi connectivity index (χ3n) is 25.2. The molecule has 0 amide bonds. The number of anilines is 6. The molecule has 10 aromatic carbocycles. The van der Waals surface area contributed by atoms with Crippen LogP contribution in [0.15, 0.2) is 188 Å². The topological polar surface area (TPSA) is 9.72 Å². The van der Waals surface area contributed by atoms with E-state index in [0.717, 1.165) is 5.92 Å². The van der Waals surface area contributed by atoms with E-state index >= 15 is 0 Å². The molecule has 6 aliphatic rings. The fraction of sp³-hybridized carbons (Fsp3) is 0.366. The van der Waals surface area contributed by atoms with Crippen molar-refractivity contribution in [3.05, 3.63) is 205 Å². The van der Waals surface area contributed by atoms with Gasteiger partial charge in [0.2, 0.25) is 0 Å². The van der Waals surface area contributed by atoms with Crippen molar-refractivity contribution in [2.24, 2.45) is 17.8 Å². The van der Waals surface area contributed by atoms with Crippen molar-refractivity contribution in [1.29, 1.82) is 0 Å². The van der Waals surface area contributed by atoms with Crippen molar-refractivity contribution in [3.8, 4) is 33.4 Å². The number of hydrogen-bond acceptors (Lipinski definition) is 3. The summed E-state index contributed by atoms with van der Waals surface area (Å²) >= 11 is 0. The van der Waals surface area contributed by atoms with Crippen LogP contribution in [0.1, 0.15) is 156 Å². The van der Waals surface area contributed by atoms with Gasteiger partial charge in [0.25, 0.3) is 0 Å². The largest absolute Gasteiger partial charge is 0.334 e. The molecule has 428 valence electrons. The van der Waals surface area contributed by atoms with Gasteiger partial charge >= 0.3 is 0 Å². The Morgan fingerprint density at radius 3 is 1.04 bits per heavy atom. The Balaban J connectivity index is 0.934. The van der Waals surface area contributed by atoms with Crippen LogP contribution < -0.4 is 14.7 Å². The summed E-state index contributed by atoms with van der Waals surface area (Å²) < 4.78 is 0. The molecule has 9 atom stereocenters. The predicted molar refractivity (Wildman–Crippen MR) is 362 cm³/mol. The summed E-state index contributed by atoms with van der Waals surface area (Å²) in [6.07, 6.45) is 14.6. The van der Waals surface area contributed by atoms with Gasteiger partial charge in [-0.2, -0.15) is 0 Å². The molecule has 3 saturated carbocycles. The van der Waals surface area contributed by atoms with Gasteiger partial charge in [-0.15, -0.1) is 0 Å². The molecule has 0 N–H and O–H groups in total. The first-order valence-electron chi connectivity index (χ1n) is 32.9. The van der Waals surface area contributed by atoms with Gasteiger partial charge in [-0.25, -0.2) is 0 Å². The molecule has 3 heterocycles. The lowest BCUT2D eigenvalue weighted by atomic mass is 9.58. The summed E-state index contributed by atoms with van der Waals surface area (Å²) in [5.41, 5.74) is 20.3. The Morgan fingerprint density at radius 1 is 0.341 bits per heavy atom. The highest BCUT2D eigenvalue weighted by atomic mass is 15.3. The maximum atomic E-state index is 2.75. The summed E-state index contributed by atoms with van der Waals surface area (Å²) in [5, 5.41) is 8.09. The monoisotopic (exact) mass is 1110 g/mol. The van der Waals surface area contributed by atoms with Crippen LogP contribution in [0, 0.1) is 17.8 Å². The molecule has 9 unspecified atom stereocenters. The maximum Gasteiger partial charge on any atom is 0.0518 e. The van der Waals surface area contributed by atoms with E-state index in [2.05, 4.69) is 265 Å². The van der Waals surface area contributed by atoms with Gasteiger partial charge < -0.3 is 14.7 Å². The normalized spacial score (nSPS) is 29.3. The predicted octanol–water partition coefficient (Wildman–Crippen LogP) is 22.7. The van der Waals surface area contributed by atoms with Crippen LogP contribution in [0.2, 0.25) is 0 Å². The van der Waals surface area contributed by atoms with E-state index in [0.29, 0.717) is 11.8 Å². The number of benzene rings is 10. The first kappa shape index (κ1) is 53.1. The molecule has 85 heavy (non-hydrogen) atoms. The van der Waals surface area contributed by atoms with Gasteiger partial charge in [0.15, 0.2) is 0 Å². The molecule has 3 aliphatic carbocycles. The van der Waals surface area contributed by atoms with Crippen molar-refractivity contribution < 1.29 is 0 Å². The number of fused-ring (bicyclic) bond motifs is 9. The molecule has 0 aromatic heterocycles. The minimum absolute atomic E-state index is 0.00413. The van der Waals surface area contributed by atoms with Gasteiger partial charge in [-0.05, 0) is 258 Å². The zero-order valence-electron chi connectivity index (χ0n) is 52.0. The number of hydrogen-bond donors (Lipinski definition) is 0. The quantitative estimate of drug-likeness (QED) is 0.133. The van der Waals surface area contributed by atoms with Crippen molar-refractivity contribution in [3.63, 3.8) is 0 Å². The molecular weight excluding hydrogens is 1030 g/mol. The van der Waals surface area contributed by atoms with Crippen LogP contribution in [0.3, 0.4) is 0 Å². The van der Waals surface area contributed by atoms with Gasteiger partial charge in [-0.3, -0.25) is 0 Å². The zero-order valence-corrected chi connectivity index (χ0v) is 52.0. The molecule has 3 aliphatic heterocycles. The molecule has 0 bridgehead atoms. The van der Waals surface area contributed by atoms with E-state index in [1.165, 1.54) is 194 Å². The van der Waals surface area contributed by atoms with Crippen molar-refractivity contribution in [2.45, 2.75) is 172 Å². The molecule has 0 saturated heterocycles. The van der Waals surface area contributed by atoms with Crippen molar-refractivity contribution in [1.82, 2.24) is 0 Å². The zero-order chi connectivity index (χ0) is 58.0. The Morgan fingerprint density at radius 2 is 0.671 bits per heavy atom. The first-order valence-corrected chi connectivity index (χ1v) is 32.9. The standard InChI is InChI=1S/C82H85N3/c1-10-53-40-43-80(7)77(4,50-53)69-46-57(30-37-72(69)83(80)60-22-16-13-17-23-60)63-33-28-56-29-34-65-67(58-31-38-73-70(47-58)78(5)51-54(11-2)41-44-81(78,8)84(73)61-24-18-14-19-25-61)49-68(66-36-35-64(63)75(56)76(65)66)59-32-39-74-71(48-59)79(6)52-55(12-3)42-45-82(79,9)85(74)62-26-20-15-21-27-62/h13-39,46-49,53-55H,10-12,40-45,50-52H2,1-9H3. The Bertz CT molecular complexity index is 4130. The molecule has 16 rings (SSSR count). The number of rotatable bonds is 9. The summed E-state index contributed by atoms with van der Waals surface area (Å²) in [6.45, 7) is 22.8. The maximum absolute atomic E-state index is 2.75. The highest BCUT2D eigenvalue weighted by Crippen LogP contribution is 2.66. The molecular formula is C82H85N3. The Labute approximate surface area is 506 Å². The Kier molecular flexibility index (Phi) is 11.8. The first-order chi connectivity index (χ1) is 41.2. The highest BCUT2D eigenvalue weighted by molar-refractivity contribution is 6.30. The van der Waals surface area contributed by atoms with Gasteiger partial charge in [0, 0.05) is 50.4 Å². The smallest absolute Gasteiger partial charge is 0.0518 e. The third kappa shape index (κ3) is 7.13. The van der Waals surface area contributed by atoms with Crippen molar-refractivity contribution in [2.75, 3.05) is 14.7 Å². The van der Waals surface area contributed by atoms with E-state index in [1.54, 1.807) is 0 Å². The second-order valence-electron chi connectivity index (χ2n) is 28.9. The highest BCUT2D eigenvalue weighted by Gasteiger charge is 2.62. The van der Waals surface area contributed by atoms with E-state index in [1.807, 2.05) is 0 Å². The summed E-state index contributed by atoms with van der Waals surface area (Å²) in [4.78, 5) is 8.23. The summed E-state index contributed by atoms with van der Waals surface area (Å²) in [7, 11) is 0. The van der Waals surface area contributed by atoms with Crippen LogP contribution in [0.5, 0.6) is 0 Å². The van der Waals surface area contributed by atoms with Gasteiger partial charge in [-0.1, -0.05) is 170 Å². The Hall–Kier alpha value is -7.36. The molecule has 3 nitrogen and oxygen atoms in total. The minimum atomic E-state index is -0.0497. The van der Waals surface area contributed by atoms with Crippen LogP contribution in [0.4, 0.5) is 34.1 Å². The lowest BCUT2D eigenvalue weighted by Crippen LogP contribution is -2.56. The van der Waals surface area contributed by atoms with Crippen LogP contribution in [-0.4, -0.2) is 16.6 Å². The average Bonchev–Trinajstić information content (AvgIpc) is 2.54. The van der Waals surface area contributed by atoms with E-state index < -0.39 is 0 Å². The number of nitrogens with zero attached hydrogens (tertiary/aromatic N) is 3. The van der Waals surface area contributed by atoms with Crippen LogP contribution in [-0.2, 0) is 16.2 Å². The lowest BCUT2D eigenvalue weighted by molar-refractivity contribution is 0.143. The average molecular weight is 1110 g/mol. The SMILES string of the molecule is CCC1CCC2(C)N(c3ccccc3)c3ccc(-c4ccc5ccc6c(-c7ccc8c(c7)C7(C)CC(CC)CCC7(C)N8c7ccccc7)cc(-c7ccc8c(c7)C7(C)CC(CC)CCC7(C)N8c7ccccc7)c7ccc4c5c67)cc3C2(C)C1. The van der Waals surface area contributed by atoms with E-state index in [-0.39, 0.29) is 32.9 Å².